The summed E-state index contributed by atoms with van der Waals surface area (Å²) in [5, 5.41) is 6.61. The summed E-state index contributed by atoms with van der Waals surface area (Å²) in [7, 11) is -2.46. The standard InChI is InChI=1S/C50H58N4O6Si/c1-49(2,3)59-48(57)54(31-30-35-20-17-23-38(32-35)51-47(56)52-42-25-16-15-24-39(42)37-21-13-10-14-22-37)33-44(60-61(7,8)50(4,5)6)40-26-28-43(46-41(40)27-29-45(55)53-46)58-34-36-18-11-9-12-19-36/h9-29,32,44H,30-31,33-34H2,1-8H3,(H,53,55)(H2,51,52,56)/t44-/m0/s1. The van der Waals surface area contributed by atoms with Gasteiger partial charge in [-0.1, -0.05) is 118 Å². The van der Waals surface area contributed by atoms with E-state index in [1.54, 1.807) is 11.0 Å². The molecule has 0 fully saturated rings. The van der Waals surface area contributed by atoms with Crippen molar-refractivity contribution >= 4 is 42.7 Å². The highest BCUT2D eigenvalue weighted by molar-refractivity contribution is 6.74. The smallest absolute Gasteiger partial charge is 0.410 e. The first kappa shape index (κ1) is 44.4. The number of aromatic nitrogens is 1. The molecule has 0 aliphatic carbocycles. The van der Waals surface area contributed by atoms with Crippen LogP contribution >= 0.6 is 0 Å². The summed E-state index contributed by atoms with van der Waals surface area (Å²) >= 11 is 0. The van der Waals surface area contributed by atoms with Gasteiger partial charge in [0.15, 0.2) is 8.32 Å². The lowest BCUT2D eigenvalue weighted by atomic mass is 10.0. The van der Waals surface area contributed by atoms with Gasteiger partial charge >= 0.3 is 12.1 Å². The largest absolute Gasteiger partial charge is 0.487 e. The molecular formula is C50H58N4O6Si. The number of anilines is 2. The Morgan fingerprint density at radius 1 is 0.754 bits per heavy atom. The fourth-order valence-corrected chi connectivity index (χ4v) is 7.98. The predicted octanol–water partition coefficient (Wildman–Crippen LogP) is 12.0. The zero-order chi connectivity index (χ0) is 43.8. The second kappa shape index (κ2) is 19.0. The number of fused-ring (bicyclic) bond motifs is 1. The van der Waals surface area contributed by atoms with Crippen LogP contribution in [0.25, 0.3) is 22.0 Å². The molecule has 0 saturated heterocycles. The Balaban J connectivity index is 1.27. The number of nitrogens with one attached hydrogen (secondary N) is 3. The number of rotatable bonds is 14. The fourth-order valence-electron chi connectivity index (χ4n) is 6.71. The first-order valence-electron chi connectivity index (χ1n) is 20.8. The van der Waals surface area contributed by atoms with E-state index >= 15 is 0 Å². The summed E-state index contributed by atoms with van der Waals surface area (Å²) in [4.78, 5) is 44.9. The molecule has 0 spiro atoms. The quantitative estimate of drug-likeness (QED) is 0.0939. The number of nitrogens with zero attached hydrogens (tertiary/aromatic N) is 1. The molecule has 0 saturated carbocycles. The Hall–Kier alpha value is -6.17. The van der Waals surface area contributed by atoms with E-state index in [2.05, 4.69) is 49.5 Å². The van der Waals surface area contributed by atoms with Gasteiger partial charge in [-0.2, -0.15) is 0 Å². The molecule has 318 valence electrons. The third-order valence-corrected chi connectivity index (χ3v) is 15.4. The summed E-state index contributed by atoms with van der Waals surface area (Å²) in [5.41, 5.74) is 5.53. The van der Waals surface area contributed by atoms with Gasteiger partial charge in [-0.25, -0.2) is 9.59 Å². The minimum absolute atomic E-state index is 0.145. The van der Waals surface area contributed by atoms with Crippen molar-refractivity contribution in [2.24, 2.45) is 0 Å². The summed E-state index contributed by atoms with van der Waals surface area (Å²) < 4.78 is 19.5. The van der Waals surface area contributed by atoms with Crippen LogP contribution < -0.4 is 20.9 Å². The van der Waals surface area contributed by atoms with Gasteiger partial charge in [0.05, 0.1) is 23.9 Å². The Kier molecular flexibility index (Phi) is 13.9. The number of urea groups is 1. The zero-order valence-electron chi connectivity index (χ0n) is 36.5. The molecule has 1 heterocycles. The lowest BCUT2D eigenvalue weighted by molar-refractivity contribution is 0.0159. The van der Waals surface area contributed by atoms with Crippen LogP contribution in [0.1, 0.15) is 64.3 Å². The third kappa shape index (κ3) is 12.0. The Morgan fingerprint density at radius 2 is 1.43 bits per heavy atom. The zero-order valence-corrected chi connectivity index (χ0v) is 37.5. The molecule has 0 radical (unpaired) electrons. The van der Waals surface area contributed by atoms with Gasteiger partial charge in [0.1, 0.15) is 18.0 Å². The second-order valence-corrected chi connectivity index (χ2v) is 22.5. The monoisotopic (exact) mass is 838 g/mol. The number of carbonyl (C=O) groups excluding carboxylic acids is 2. The second-order valence-electron chi connectivity index (χ2n) is 17.8. The van der Waals surface area contributed by atoms with Crippen LogP contribution in [0.3, 0.4) is 0 Å². The topological polar surface area (TPSA) is 122 Å². The molecular weight excluding hydrogens is 781 g/mol. The molecule has 6 rings (SSSR count). The molecule has 1 aromatic heterocycles. The SMILES string of the molecule is CC(C)(C)OC(=O)N(CCc1cccc(NC(=O)Nc2ccccc2-c2ccccc2)c1)C[C@H](O[Si](C)(C)C(C)(C)C)c1ccc(OCc2ccccc2)c2[nH]c(=O)ccc12. The van der Waals surface area contributed by atoms with Crippen molar-refractivity contribution in [3.05, 3.63) is 161 Å². The summed E-state index contributed by atoms with van der Waals surface area (Å²) in [6, 6.07) is 41.8. The third-order valence-electron chi connectivity index (χ3n) is 10.9. The number of pyridine rings is 1. The van der Waals surface area contributed by atoms with Crippen molar-refractivity contribution < 1.29 is 23.5 Å². The highest BCUT2D eigenvalue weighted by Crippen LogP contribution is 2.42. The first-order chi connectivity index (χ1) is 29.0. The molecule has 0 aliphatic rings. The first-order valence-corrected chi connectivity index (χ1v) is 23.7. The number of hydrogen-bond acceptors (Lipinski definition) is 6. The van der Waals surface area contributed by atoms with Crippen LogP contribution in [0.5, 0.6) is 5.75 Å². The van der Waals surface area contributed by atoms with Gasteiger partial charge in [0.2, 0.25) is 5.56 Å². The number of hydrogen-bond donors (Lipinski definition) is 3. The maximum Gasteiger partial charge on any atom is 0.410 e. The van der Waals surface area contributed by atoms with Gasteiger partial charge in [-0.3, -0.25) is 4.79 Å². The summed E-state index contributed by atoms with van der Waals surface area (Å²) in [6.07, 6.45) is -0.580. The molecule has 10 nitrogen and oxygen atoms in total. The molecule has 0 bridgehead atoms. The summed E-state index contributed by atoms with van der Waals surface area (Å²) in [6.45, 7) is 17.3. The Bertz CT molecular complexity index is 2490. The van der Waals surface area contributed by atoms with Crippen molar-refractivity contribution in [2.45, 2.75) is 84.4 Å². The minimum atomic E-state index is -2.46. The lowest BCUT2D eigenvalue weighted by Crippen LogP contribution is -2.46. The number of para-hydroxylation sites is 1. The lowest BCUT2D eigenvalue weighted by Gasteiger charge is -2.41. The van der Waals surface area contributed by atoms with E-state index in [0.29, 0.717) is 42.2 Å². The minimum Gasteiger partial charge on any atom is -0.487 e. The van der Waals surface area contributed by atoms with Gasteiger partial charge in [0.25, 0.3) is 0 Å². The molecule has 1 atom stereocenters. The van der Waals surface area contributed by atoms with Crippen molar-refractivity contribution in [3.8, 4) is 16.9 Å². The van der Waals surface area contributed by atoms with Crippen LogP contribution in [0.2, 0.25) is 18.1 Å². The number of amides is 3. The number of carbonyl (C=O) groups is 2. The van der Waals surface area contributed by atoms with E-state index in [4.69, 9.17) is 13.9 Å². The van der Waals surface area contributed by atoms with Crippen LogP contribution in [-0.2, 0) is 22.2 Å². The molecule has 3 N–H and O–H groups in total. The van der Waals surface area contributed by atoms with E-state index in [0.717, 1.165) is 33.2 Å². The van der Waals surface area contributed by atoms with E-state index in [9.17, 15) is 14.4 Å². The van der Waals surface area contributed by atoms with Crippen molar-refractivity contribution in [3.63, 3.8) is 0 Å². The number of H-pyrrole nitrogens is 1. The number of ether oxygens (including phenoxy) is 2. The average molecular weight is 839 g/mol. The number of aromatic amines is 1. The van der Waals surface area contributed by atoms with Gasteiger partial charge in [0, 0.05) is 29.2 Å². The van der Waals surface area contributed by atoms with E-state index in [1.807, 2.05) is 142 Å². The van der Waals surface area contributed by atoms with Crippen LogP contribution in [-0.4, -0.2) is 49.0 Å². The molecule has 3 amide bonds. The van der Waals surface area contributed by atoms with Crippen molar-refractivity contribution in [1.29, 1.82) is 0 Å². The molecule has 5 aromatic carbocycles. The average Bonchev–Trinajstić information content (AvgIpc) is 3.21. The molecule has 0 aliphatic heterocycles. The van der Waals surface area contributed by atoms with Gasteiger partial charge in [-0.15, -0.1) is 0 Å². The van der Waals surface area contributed by atoms with Crippen molar-refractivity contribution in [1.82, 2.24) is 9.88 Å². The molecule has 61 heavy (non-hydrogen) atoms. The van der Waals surface area contributed by atoms with Crippen molar-refractivity contribution in [2.75, 3.05) is 23.7 Å². The molecule has 0 unspecified atom stereocenters. The van der Waals surface area contributed by atoms with E-state index in [-0.39, 0.29) is 23.2 Å². The Labute approximate surface area is 360 Å². The highest BCUT2D eigenvalue weighted by atomic mass is 28.4. The Morgan fingerprint density at radius 3 is 2.13 bits per heavy atom. The fraction of sp³-hybridized carbons (Fsp3) is 0.300. The van der Waals surface area contributed by atoms with E-state index in [1.165, 1.54) is 6.07 Å². The maximum atomic E-state index is 14.1. The highest BCUT2D eigenvalue weighted by Gasteiger charge is 2.41. The maximum absolute atomic E-state index is 14.1. The summed E-state index contributed by atoms with van der Waals surface area (Å²) in [5.74, 6) is 0.540. The van der Waals surface area contributed by atoms with Crippen LogP contribution in [0, 0.1) is 0 Å². The van der Waals surface area contributed by atoms with Crippen LogP contribution in [0.15, 0.2) is 138 Å². The van der Waals surface area contributed by atoms with Gasteiger partial charge < -0.3 is 34.4 Å². The van der Waals surface area contributed by atoms with E-state index < -0.39 is 26.1 Å². The predicted molar refractivity (Wildman–Crippen MR) is 249 cm³/mol. The number of benzene rings is 5. The molecule has 11 heteroatoms. The molecule has 6 aromatic rings. The van der Waals surface area contributed by atoms with Gasteiger partial charge in [-0.05, 0) is 97.9 Å². The van der Waals surface area contributed by atoms with Crippen LogP contribution in [0.4, 0.5) is 21.0 Å². The normalized spacial score (nSPS) is 12.4.